The maximum absolute atomic E-state index is 12.3. The van der Waals surface area contributed by atoms with Gasteiger partial charge in [-0.05, 0) is 33.2 Å². The summed E-state index contributed by atoms with van der Waals surface area (Å²) in [4.78, 5) is 2.08. The van der Waals surface area contributed by atoms with E-state index >= 15 is 0 Å². The number of nitrogens with one attached hydrogen (secondary N) is 1. The molecule has 0 amide bonds. The van der Waals surface area contributed by atoms with Crippen molar-refractivity contribution < 1.29 is 13.5 Å². The van der Waals surface area contributed by atoms with Crippen LogP contribution in [0.5, 0.6) is 0 Å². The average molecular weight is 315 g/mol. The van der Waals surface area contributed by atoms with E-state index in [0.29, 0.717) is 12.2 Å². The van der Waals surface area contributed by atoms with E-state index in [-0.39, 0.29) is 11.4 Å². The maximum atomic E-state index is 12.3. The van der Waals surface area contributed by atoms with Crippen LogP contribution in [0.15, 0.2) is 29.2 Å². The van der Waals surface area contributed by atoms with Gasteiger partial charge in [0.15, 0.2) is 0 Å². The molecule has 1 aromatic carbocycles. The van der Waals surface area contributed by atoms with E-state index in [9.17, 15) is 13.5 Å². The summed E-state index contributed by atoms with van der Waals surface area (Å²) in [6.07, 6.45) is 0. The summed E-state index contributed by atoms with van der Waals surface area (Å²) in [5, 5.41) is 13.3. The highest BCUT2D eigenvalue weighted by molar-refractivity contribution is 7.89. The maximum Gasteiger partial charge on any atom is 0.244 e. The third-order valence-corrected chi connectivity index (χ3v) is 4.84. The van der Waals surface area contributed by atoms with Crippen LogP contribution < -0.4 is 5.32 Å². The van der Waals surface area contributed by atoms with Gasteiger partial charge < -0.3 is 15.3 Å². The van der Waals surface area contributed by atoms with Gasteiger partial charge in [-0.3, -0.25) is 0 Å². The van der Waals surface area contributed by atoms with Crippen LogP contribution in [0.4, 0.5) is 5.69 Å². The quantitative estimate of drug-likeness (QED) is 0.773. The van der Waals surface area contributed by atoms with E-state index in [1.165, 1.54) is 18.4 Å². The molecule has 0 spiro atoms. The number of hydrogen-bond donors (Lipinski definition) is 2. The second-order valence-corrected chi connectivity index (χ2v) is 7.99. The van der Waals surface area contributed by atoms with Crippen molar-refractivity contribution in [3.05, 3.63) is 24.3 Å². The van der Waals surface area contributed by atoms with E-state index in [1.807, 2.05) is 19.0 Å². The van der Waals surface area contributed by atoms with Crippen molar-refractivity contribution in [3.8, 4) is 0 Å². The van der Waals surface area contributed by atoms with Crippen LogP contribution >= 0.6 is 0 Å². The third-order valence-electron chi connectivity index (χ3n) is 2.96. The SMILES string of the molecule is CN(C)CC(C)(O)CNc1ccccc1S(=O)(=O)N(C)C. The number of anilines is 1. The summed E-state index contributed by atoms with van der Waals surface area (Å²) < 4.78 is 25.7. The molecule has 1 rings (SSSR count). The molecule has 0 aliphatic carbocycles. The number of likely N-dealkylation sites (N-methyl/N-ethyl adjacent to an activating group) is 1. The lowest BCUT2D eigenvalue weighted by Gasteiger charge is -2.28. The van der Waals surface area contributed by atoms with E-state index in [2.05, 4.69) is 5.32 Å². The summed E-state index contributed by atoms with van der Waals surface area (Å²) in [5.41, 5.74) is -0.469. The van der Waals surface area contributed by atoms with Crippen molar-refractivity contribution in [2.45, 2.75) is 17.4 Å². The minimum Gasteiger partial charge on any atom is -0.387 e. The molecule has 0 fully saturated rings. The molecule has 0 bridgehead atoms. The van der Waals surface area contributed by atoms with Gasteiger partial charge in [-0.15, -0.1) is 0 Å². The molecular formula is C14H25N3O3S. The van der Waals surface area contributed by atoms with Crippen LogP contribution in [0.25, 0.3) is 0 Å². The van der Waals surface area contributed by atoms with Crippen molar-refractivity contribution in [1.29, 1.82) is 0 Å². The average Bonchev–Trinajstić information content (AvgIpc) is 2.35. The van der Waals surface area contributed by atoms with Gasteiger partial charge in [0.05, 0.1) is 11.3 Å². The number of benzene rings is 1. The molecule has 7 heteroatoms. The summed E-state index contributed by atoms with van der Waals surface area (Å²) >= 11 is 0. The largest absolute Gasteiger partial charge is 0.387 e. The molecule has 0 heterocycles. The van der Waals surface area contributed by atoms with Crippen molar-refractivity contribution in [3.63, 3.8) is 0 Å². The Morgan fingerprint density at radius 1 is 1.19 bits per heavy atom. The van der Waals surface area contributed by atoms with Crippen molar-refractivity contribution in [2.75, 3.05) is 46.6 Å². The van der Waals surface area contributed by atoms with Crippen LogP contribution in [0.1, 0.15) is 6.92 Å². The zero-order valence-electron chi connectivity index (χ0n) is 13.3. The standard InChI is InChI=1S/C14H25N3O3S/c1-14(18,11-16(2)3)10-15-12-8-6-7-9-13(12)21(19,20)17(4)5/h6-9,15,18H,10-11H2,1-5H3. The van der Waals surface area contributed by atoms with Gasteiger partial charge in [-0.1, -0.05) is 12.1 Å². The fourth-order valence-corrected chi connectivity index (χ4v) is 3.12. The van der Waals surface area contributed by atoms with Gasteiger partial charge in [-0.25, -0.2) is 12.7 Å². The summed E-state index contributed by atoms with van der Waals surface area (Å²) in [6.45, 7) is 2.44. The Morgan fingerprint density at radius 2 is 1.76 bits per heavy atom. The van der Waals surface area contributed by atoms with Crippen LogP contribution in [-0.2, 0) is 10.0 Å². The Hall–Kier alpha value is -1.15. The molecule has 1 aromatic rings. The molecule has 21 heavy (non-hydrogen) atoms. The molecule has 120 valence electrons. The highest BCUT2D eigenvalue weighted by Gasteiger charge is 2.24. The predicted molar refractivity (Wildman–Crippen MR) is 85.0 cm³/mol. The van der Waals surface area contributed by atoms with Crippen molar-refractivity contribution >= 4 is 15.7 Å². The van der Waals surface area contributed by atoms with Crippen molar-refractivity contribution in [2.24, 2.45) is 0 Å². The van der Waals surface area contributed by atoms with Crippen LogP contribution in [0.2, 0.25) is 0 Å². The lowest BCUT2D eigenvalue weighted by molar-refractivity contribution is 0.0459. The van der Waals surface area contributed by atoms with E-state index in [0.717, 1.165) is 0 Å². The first-order valence-corrected chi connectivity index (χ1v) is 8.13. The van der Waals surface area contributed by atoms with Crippen LogP contribution in [0.3, 0.4) is 0 Å². The number of sulfonamides is 1. The van der Waals surface area contributed by atoms with Crippen LogP contribution in [-0.4, -0.2) is 69.6 Å². The molecule has 1 unspecified atom stereocenters. The Morgan fingerprint density at radius 3 is 2.29 bits per heavy atom. The van der Waals surface area contributed by atoms with E-state index in [4.69, 9.17) is 0 Å². The number of nitrogens with zero attached hydrogens (tertiary/aromatic N) is 2. The molecule has 0 saturated heterocycles. The molecule has 6 nitrogen and oxygen atoms in total. The number of rotatable bonds is 7. The minimum atomic E-state index is -3.52. The van der Waals surface area contributed by atoms with Gasteiger partial charge >= 0.3 is 0 Å². The van der Waals surface area contributed by atoms with E-state index in [1.54, 1.807) is 31.2 Å². The van der Waals surface area contributed by atoms with Gasteiger partial charge in [0.1, 0.15) is 4.90 Å². The predicted octanol–water partition coefficient (Wildman–Crippen LogP) is 0.661. The fourth-order valence-electron chi connectivity index (χ4n) is 2.06. The molecule has 0 aliphatic heterocycles. The van der Waals surface area contributed by atoms with E-state index < -0.39 is 15.6 Å². The molecule has 2 N–H and O–H groups in total. The fraction of sp³-hybridized carbons (Fsp3) is 0.571. The lowest BCUT2D eigenvalue weighted by atomic mass is 10.1. The molecular weight excluding hydrogens is 290 g/mol. The smallest absolute Gasteiger partial charge is 0.244 e. The minimum absolute atomic E-state index is 0.204. The number of hydrogen-bond acceptors (Lipinski definition) is 5. The number of aliphatic hydroxyl groups is 1. The van der Waals surface area contributed by atoms with Crippen molar-refractivity contribution in [1.82, 2.24) is 9.21 Å². The van der Waals surface area contributed by atoms with Gasteiger partial charge in [0.25, 0.3) is 0 Å². The Bertz CT molecular complexity index is 569. The highest BCUT2D eigenvalue weighted by Crippen LogP contribution is 2.23. The highest BCUT2D eigenvalue weighted by atomic mass is 32.2. The third kappa shape index (κ3) is 4.96. The monoisotopic (exact) mass is 315 g/mol. The van der Waals surface area contributed by atoms with Gasteiger partial charge in [0.2, 0.25) is 10.0 Å². The number of para-hydroxylation sites is 1. The first-order valence-electron chi connectivity index (χ1n) is 6.69. The lowest BCUT2D eigenvalue weighted by Crippen LogP contribution is -2.43. The van der Waals surface area contributed by atoms with Gasteiger partial charge in [-0.2, -0.15) is 0 Å². The van der Waals surface area contributed by atoms with Gasteiger partial charge in [0, 0.05) is 27.2 Å². The first-order chi connectivity index (χ1) is 9.56. The molecule has 0 radical (unpaired) electrons. The molecule has 1 atom stereocenters. The summed E-state index contributed by atoms with van der Waals surface area (Å²) in [6, 6.07) is 6.69. The zero-order valence-corrected chi connectivity index (χ0v) is 14.1. The second kappa shape index (κ2) is 6.74. The summed E-state index contributed by atoms with van der Waals surface area (Å²) in [5.74, 6) is 0. The first kappa shape index (κ1) is 17.9. The topological polar surface area (TPSA) is 72.9 Å². The van der Waals surface area contributed by atoms with Crippen LogP contribution in [0, 0.1) is 0 Å². The molecule has 0 saturated carbocycles. The zero-order chi connectivity index (χ0) is 16.3. The Balaban J connectivity index is 2.96. The summed E-state index contributed by atoms with van der Waals surface area (Å²) in [7, 11) is 3.22. The Labute approximate surface area is 127 Å². The molecule has 0 aromatic heterocycles. The second-order valence-electron chi connectivity index (χ2n) is 5.87. The molecule has 0 aliphatic rings. The normalized spacial score (nSPS) is 15.2. The Kier molecular flexibility index (Phi) is 5.75.